The highest BCUT2D eigenvalue weighted by atomic mass is 32.2. The van der Waals surface area contributed by atoms with Gasteiger partial charge >= 0.3 is 5.97 Å². The number of nitrogens with zero attached hydrogens (tertiary/aromatic N) is 2. The second-order valence-electron chi connectivity index (χ2n) is 4.61. The predicted octanol–water partition coefficient (Wildman–Crippen LogP) is 2.13. The van der Waals surface area contributed by atoms with E-state index < -0.39 is 17.2 Å². The van der Waals surface area contributed by atoms with Crippen LogP contribution in [0.15, 0.2) is 29.8 Å². The Hall–Kier alpha value is -1.77. The van der Waals surface area contributed by atoms with Gasteiger partial charge in [0.2, 0.25) is 0 Å². The third-order valence-corrected chi connectivity index (χ3v) is 5.19. The molecule has 3 rings (SSSR count). The topological polar surface area (TPSA) is 93.6 Å². The van der Waals surface area contributed by atoms with E-state index in [1.165, 1.54) is 5.51 Å². The zero-order valence-corrected chi connectivity index (χ0v) is 12.4. The largest absolute Gasteiger partial charge is 0.755 e. The lowest BCUT2D eigenvalue weighted by molar-refractivity contribution is 0.0692. The van der Waals surface area contributed by atoms with E-state index >= 15 is 0 Å². The van der Waals surface area contributed by atoms with Gasteiger partial charge in [-0.25, -0.2) is 9.78 Å². The molecule has 1 aromatic heterocycles. The highest BCUT2D eigenvalue weighted by molar-refractivity contribution is 7.81. The number of hydrogen-bond acceptors (Lipinski definition) is 5. The molecular weight excluding hydrogens is 312 g/mol. The Morgan fingerprint density at radius 3 is 2.95 bits per heavy atom. The molecule has 2 unspecified atom stereocenters. The van der Waals surface area contributed by atoms with E-state index in [1.54, 1.807) is 0 Å². The molecule has 0 aliphatic heterocycles. The lowest BCUT2D eigenvalue weighted by Gasteiger charge is -2.31. The quantitative estimate of drug-likeness (QED) is 0.870. The van der Waals surface area contributed by atoms with Crippen LogP contribution in [0.2, 0.25) is 0 Å². The van der Waals surface area contributed by atoms with Crippen molar-refractivity contribution >= 4 is 33.6 Å². The first-order valence-corrected chi connectivity index (χ1v) is 8.14. The van der Waals surface area contributed by atoms with Crippen molar-refractivity contribution < 1.29 is 18.7 Å². The Balaban J connectivity index is 2.06. The highest BCUT2D eigenvalue weighted by Crippen LogP contribution is 2.41. The minimum Gasteiger partial charge on any atom is -0.755 e. The van der Waals surface area contributed by atoms with Crippen molar-refractivity contribution in [1.82, 2.24) is 4.98 Å². The molecule has 0 bridgehead atoms. The minimum atomic E-state index is -2.57. The molecule has 0 spiro atoms. The molecule has 8 heteroatoms. The number of aromatic carboxylic acids is 1. The number of carboxylic acids is 1. The van der Waals surface area contributed by atoms with E-state index in [0.717, 1.165) is 33.2 Å². The number of anilines is 1. The monoisotopic (exact) mass is 323 g/mol. The van der Waals surface area contributed by atoms with Crippen molar-refractivity contribution in [1.29, 1.82) is 0 Å². The van der Waals surface area contributed by atoms with Crippen molar-refractivity contribution in [3.05, 3.63) is 46.6 Å². The van der Waals surface area contributed by atoms with E-state index in [0.29, 0.717) is 6.42 Å². The second-order valence-corrected chi connectivity index (χ2v) is 6.27. The van der Waals surface area contributed by atoms with Crippen molar-refractivity contribution in [2.75, 3.05) is 4.31 Å². The van der Waals surface area contributed by atoms with Crippen molar-refractivity contribution in [2.24, 2.45) is 0 Å². The fourth-order valence-electron chi connectivity index (χ4n) is 2.63. The van der Waals surface area contributed by atoms with E-state index in [1.807, 2.05) is 24.3 Å². The zero-order valence-electron chi connectivity index (χ0n) is 10.8. The fraction of sp³-hybridized carbons (Fsp3) is 0.231. The van der Waals surface area contributed by atoms with Crippen LogP contribution in [-0.2, 0) is 17.7 Å². The maximum absolute atomic E-state index is 11.7. The van der Waals surface area contributed by atoms with Gasteiger partial charge in [-0.05, 0) is 24.0 Å². The molecule has 1 N–H and O–H groups in total. The Morgan fingerprint density at radius 2 is 2.24 bits per heavy atom. The van der Waals surface area contributed by atoms with Crippen LogP contribution in [0.25, 0.3) is 0 Å². The minimum absolute atomic E-state index is 0.150. The van der Waals surface area contributed by atoms with E-state index in [4.69, 9.17) is 5.11 Å². The van der Waals surface area contributed by atoms with E-state index in [9.17, 15) is 13.6 Å². The first-order chi connectivity index (χ1) is 10.1. The summed E-state index contributed by atoms with van der Waals surface area (Å²) in [4.78, 5) is 14.9. The molecular formula is C13H11N2O4S2-. The molecule has 1 aliphatic rings. The number of rotatable bonds is 4. The van der Waals surface area contributed by atoms with Gasteiger partial charge in [-0.3, -0.25) is 8.51 Å². The molecule has 1 aliphatic carbocycles. The summed E-state index contributed by atoms with van der Waals surface area (Å²) in [5.74, 6) is -1.23. The lowest BCUT2D eigenvalue weighted by Crippen LogP contribution is -2.30. The molecule has 0 amide bonds. The number of benzene rings is 1. The van der Waals surface area contributed by atoms with Crippen LogP contribution in [0.1, 0.15) is 34.1 Å². The number of carboxylic acid groups (broad SMARTS) is 1. The Morgan fingerprint density at radius 1 is 1.48 bits per heavy atom. The third-order valence-electron chi connectivity index (χ3n) is 3.50. The Bertz CT molecular complexity index is 716. The van der Waals surface area contributed by atoms with Gasteiger partial charge in [0.1, 0.15) is 5.00 Å². The average Bonchev–Trinajstić information content (AvgIpc) is 3.07. The number of aromatic nitrogens is 1. The standard InChI is InChI=1S/C13H12N2O4S2/c16-13(17)11-12(20-7-14-11)15(21(18)19)10-6-5-8-3-1-2-4-9(8)10/h1-4,7,10H,5-6H2,(H,16,17)(H,18,19)/p-1. The summed E-state index contributed by atoms with van der Waals surface area (Å²) in [6.45, 7) is 0. The van der Waals surface area contributed by atoms with E-state index in [-0.39, 0.29) is 16.7 Å². The van der Waals surface area contributed by atoms with Gasteiger partial charge < -0.3 is 9.66 Å². The molecule has 1 aromatic carbocycles. The molecule has 0 fully saturated rings. The maximum atomic E-state index is 11.7. The Kier molecular flexibility index (Phi) is 3.75. The third kappa shape index (κ3) is 2.45. The van der Waals surface area contributed by atoms with Crippen LogP contribution in [0.5, 0.6) is 0 Å². The summed E-state index contributed by atoms with van der Waals surface area (Å²) in [6, 6.07) is 7.24. The van der Waals surface area contributed by atoms with Crippen molar-refractivity contribution in [3.8, 4) is 0 Å². The number of hydrogen-bond donors (Lipinski definition) is 1. The highest BCUT2D eigenvalue weighted by Gasteiger charge is 2.32. The average molecular weight is 323 g/mol. The molecule has 0 radical (unpaired) electrons. The number of thiazole rings is 1. The van der Waals surface area contributed by atoms with Gasteiger partial charge in [0.25, 0.3) is 0 Å². The van der Waals surface area contributed by atoms with Crippen molar-refractivity contribution in [2.45, 2.75) is 18.9 Å². The summed E-state index contributed by atoms with van der Waals surface area (Å²) >= 11 is -1.55. The number of fused-ring (bicyclic) bond motifs is 1. The van der Waals surface area contributed by atoms with E-state index in [2.05, 4.69) is 4.98 Å². The van der Waals surface area contributed by atoms with Crippen molar-refractivity contribution in [3.63, 3.8) is 0 Å². The van der Waals surface area contributed by atoms with Crippen LogP contribution in [0, 0.1) is 0 Å². The summed E-state index contributed by atoms with van der Waals surface area (Å²) in [6.07, 6.45) is 1.40. The molecule has 2 aromatic rings. The molecule has 6 nitrogen and oxygen atoms in total. The number of aryl methyl sites for hydroxylation is 1. The summed E-state index contributed by atoms with van der Waals surface area (Å²) in [7, 11) is 0. The van der Waals surface area contributed by atoms with Crippen LogP contribution < -0.4 is 4.31 Å². The van der Waals surface area contributed by atoms with Gasteiger partial charge in [0.05, 0.1) is 11.6 Å². The zero-order chi connectivity index (χ0) is 15.0. The molecule has 110 valence electrons. The summed E-state index contributed by atoms with van der Waals surface area (Å²) < 4.78 is 24.5. The molecule has 2 atom stereocenters. The van der Waals surface area contributed by atoms with Gasteiger partial charge in [-0.2, -0.15) is 0 Å². The molecule has 21 heavy (non-hydrogen) atoms. The normalized spacial score (nSPS) is 18.2. The lowest BCUT2D eigenvalue weighted by atomic mass is 10.1. The van der Waals surface area contributed by atoms with Crippen LogP contribution in [-0.4, -0.2) is 24.8 Å². The van der Waals surface area contributed by atoms with Gasteiger partial charge in [-0.15, -0.1) is 11.3 Å². The summed E-state index contributed by atoms with van der Waals surface area (Å²) in [5, 5.41) is 9.29. The van der Waals surface area contributed by atoms with Gasteiger partial charge in [0.15, 0.2) is 5.69 Å². The van der Waals surface area contributed by atoms with Crippen LogP contribution in [0.4, 0.5) is 5.00 Å². The first-order valence-electron chi connectivity index (χ1n) is 6.22. The van der Waals surface area contributed by atoms with Gasteiger partial charge in [-0.1, -0.05) is 24.3 Å². The maximum Gasteiger partial charge on any atom is 0.357 e. The molecule has 0 saturated heterocycles. The molecule has 0 saturated carbocycles. The van der Waals surface area contributed by atoms with Gasteiger partial charge in [0, 0.05) is 11.3 Å². The first kappa shape index (κ1) is 14.2. The smallest absolute Gasteiger partial charge is 0.357 e. The Labute approximate surface area is 127 Å². The molecule has 1 heterocycles. The SMILES string of the molecule is O=C(O)c1ncsc1N(C1CCc2ccccc21)S(=O)[O-]. The number of carbonyl (C=O) groups is 1. The predicted molar refractivity (Wildman–Crippen MR) is 78.0 cm³/mol. The fourth-order valence-corrected chi connectivity index (χ4v) is 4.34. The van der Waals surface area contributed by atoms with Crippen LogP contribution in [0.3, 0.4) is 0 Å². The van der Waals surface area contributed by atoms with Crippen LogP contribution >= 0.6 is 11.3 Å². The summed E-state index contributed by atoms with van der Waals surface area (Å²) in [5.41, 5.74) is 3.14. The second kappa shape index (κ2) is 5.55.